The highest BCUT2D eigenvalue weighted by molar-refractivity contribution is 6.12. The Hall–Kier alpha value is -2.93. The van der Waals surface area contributed by atoms with E-state index < -0.39 is 0 Å². The van der Waals surface area contributed by atoms with Crippen molar-refractivity contribution in [1.29, 1.82) is 0 Å². The summed E-state index contributed by atoms with van der Waals surface area (Å²) in [5.41, 5.74) is 4.55. The Morgan fingerprint density at radius 1 is 1.22 bits per heavy atom. The lowest BCUT2D eigenvalue weighted by molar-refractivity contribution is 0.359. The molecule has 0 saturated carbocycles. The second-order valence-electron chi connectivity index (χ2n) is 9.78. The summed E-state index contributed by atoms with van der Waals surface area (Å²) in [4.78, 5) is 6.61. The molecule has 2 N–H and O–H groups in total. The number of rotatable bonds is 4. The van der Waals surface area contributed by atoms with Crippen molar-refractivity contribution in [1.82, 2.24) is 19.8 Å². The summed E-state index contributed by atoms with van der Waals surface area (Å²) in [6.45, 7) is 12.7. The van der Waals surface area contributed by atoms with Crippen molar-refractivity contribution in [2.24, 2.45) is 10.2 Å². The van der Waals surface area contributed by atoms with E-state index in [0.29, 0.717) is 17.3 Å². The first-order valence-electron chi connectivity index (χ1n) is 11.4. The smallest absolute Gasteiger partial charge is 0.131 e. The number of likely N-dealkylation sites (tertiary alicyclic amines) is 1. The molecular weight excluding hydrogens is 400 g/mol. The van der Waals surface area contributed by atoms with E-state index in [0.717, 1.165) is 49.6 Å². The predicted octanol–water partition coefficient (Wildman–Crippen LogP) is 4.19. The zero-order chi connectivity index (χ0) is 22.9. The molecule has 7 nitrogen and oxygen atoms in total. The van der Waals surface area contributed by atoms with Crippen molar-refractivity contribution in [2.75, 3.05) is 13.1 Å². The SMILES string of the molecule is CCC1=CC(c2ccc(-n3cnc(C)c3)cc2O)=NN=C(N2CCC(NC(C)(C)C)C2)C1. The van der Waals surface area contributed by atoms with Gasteiger partial charge in [0.2, 0.25) is 0 Å². The van der Waals surface area contributed by atoms with Gasteiger partial charge in [0.25, 0.3) is 0 Å². The lowest BCUT2D eigenvalue weighted by atomic mass is 10.0. The number of allylic oxidation sites excluding steroid dienone is 1. The molecule has 170 valence electrons. The van der Waals surface area contributed by atoms with E-state index in [2.05, 4.69) is 59.2 Å². The van der Waals surface area contributed by atoms with Crippen molar-refractivity contribution in [3.8, 4) is 11.4 Å². The lowest BCUT2D eigenvalue weighted by Crippen LogP contribution is -2.45. The molecule has 2 aliphatic rings. The maximum Gasteiger partial charge on any atom is 0.131 e. The molecule has 7 heteroatoms. The first-order valence-corrected chi connectivity index (χ1v) is 11.4. The van der Waals surface area contributed by atoms with Gasteiger partial charge in [-0.3, -0.25) is 0 Å². The van der Waals surface area contributed by atoms with Crippen LogP contribution < -0.4 is 5.32 Å². The summed E-state index contributed by atoms with van der Waals surface area (Å²) in [5, 5.41) is 23.7. The fourth-order valence-corrected chi connectivity index (χ4v) is 4.34. The molecule has 1 aromatic heterocycles. The van der Waals surface area contributed by atoms with Gasteiger partial charge in [0, 0.05) is 48.9 Å². The van der Waals surface area contributed by atoms with Crippen LogP contribution in [0.15, 0.2) is 52.6 Å². The highest BCUT2D eigenvalue weighted by Crippen LogP contribution is 2.26. The average molecular weight is 435 g/mol. The van der Waals surface area contributed by atoms with E-state index in [9.17, 15) is 5.11 Å². The molecular formula is C25H34N6O. The summed E-state index contributed by atoms with van der Waals surface area (Å²) >= 11 is 0. The first-order chi connectivity index (χ1) is 15.2. The Morgan fingerprint density at radius 2 is 2.03 bits per heavy atom. The third kappa shape index (κ3) is 5.10. The summed E-state index contributed by atoms with van der Waals surface area (Å²) < 4.78 is 1.90. The molecule has 1 fully saturated rings. The molecule has 0 radical (unpaired) electrons. The number of phenolic OH excluding ortho intramolecular Hbond substituents is 1. The van der Waals surface area contributed by atoms with Crippen LogP contribution in [0.1, 0.15) is 58.2 Å². The molecule has 1 saturated heterocycles. The standard InChI is InChI=1S/C25H34N6O/c1-6-18-11-22(21-8-7-20(13-23(21)32)31-14-17(2)26-16-31)28-29-24(12-18)30-10-9-19(15-30)27-25(3,4)5/h7-8,11,13-14,16,19,27,32H,6,9-10,12,15H2,1-5H3. The highest BCUT2D eigenvalue weighted by atomic mass is 16.3. The molecule has 2 aliphatic heterocycles. The second-order valence-corrected chi connectivity index (χ2v) is 9.78. The van der Waals surface area contributed by atoms with E-state index in [1.54, 1.807) is 12.4 Å². The fraction of sp³-hybridized carbons (Fsp3) is 0.480. The minimum atomic E-state index is 0.102. The topological polar surface area (TPSA) is 78.0 Å². The Labute approximate surface area is 190 Å². The van der Waals surface area contributed by atoms with Gasteiger partial charge >= 0.3 is 0 Å². The number of aromatic hydroxyl groups is 1. The van der Waals surface area contributed by atoms with Gasteiger partial charge in [-0.1, -0.05) is 12.5 Å². The van der Waals surface area contributed by atoms with Gasteiger partial charge in [-0.25, -0.2) is 4.98 Å². The maximum atomic E-state index is 10.8. The largest absolute Gasteiger partial charge is 0.507 e. The third-order valence-electron chi connectivity index (χ3n) is 5.91. The monoisotopic (exact) mass is 434 g/mol. The Morgan fingerprint density at radius 3 is 2.69 bits per heavy atom. The summed E-state index contributed by atoms with van der Waals surface area (Å²) in [6.07, 6.45) is 8.57. The highest BCUT2D eigenvalue weighted by Gasteiger charge is 2.28. The average Bonchev–Trinajstić information content (AvgIpc) is 3.30. The van der Waals surface area contributed by atoms with Crippen LogP contribution in [0.25, 0.3) is 5.69 Å². The normalized spacial score (nSPS) is 19.5. The van der Waals surface area contributed by atoms with Gasteiger partial charge in [-0.05, 0) is 58.7 Å². The van der Waals surface area contributed by atoms with Crippen LogP contribution >= 0.6 is 0 Å². The number of benzene rings is 1. The van der Waals surface area contributed by atoms with Crippen LogP contribution in [-0.2, 0) is 0 Å². The van der Waals surface area contributed by atoms with Crippen molar-refractivity contribution < 1.29 is 5.11 Å². The number of phenols is 1. The van der Waals surface area contributed by atoms with E-state index in [4.69, 9.17) is 0 Å². The first kappa shape index (κ1) is 22.3. The number of nitrogens with zero attached hydrogens (tertiary/aromatic N) is 5. The Kier molecular flexibility index (Phi) is 6.20. The van der Waals surface area contributed by atoms with Crippen molar-refractivity contribution in [2.45, 2.75) is 65.5 Å². The summed E-state index contributed by atoms with van der Waals surface area (Å²) in [6, 6.07) is 6.08. The van der Waals surface area contributed by atoms with Crippen LogP contribution in [-0.4, -0.2) is 55.8 Å². The molecule has 4 rings (SSSR count). The molecule has 1 atom stereocenters. The summed E-state index contributed by atoms with van der Waals surface area (Å²) in [5.74, 6) is 1.20. The van der Waals surface area contributed by atoms with Gasteiger partial charge in [0.15, 0.2) is 0 Å². The molecule has 0 aliphatic carbocycles. The van der Waals surface area contributed by atoms with Crippen molar-refractivity contribution >= 4 is 11.5 Å². The molecule has 3 heterocycles. The van der Waals surface area contributed by atoms with Crippen LogP contribution in [0.3, 0.4) is 0 Å². The number of imidazole rings is 1. The lowest BCUT2D eigenvalue weighted by Gasteiger charge is -2.26. The van der Waals surface area contributed by atoms with Crippen LogP contribution in [0.4, 0.5) is 0 Å². The zero-order valence-corrected chi connectivity index (χ0v) is 19.8. The minimum absolute atomic E-state index is 0.102. The van der Waals surface area contributed by atoms with E-state index in [-0.39, 0.29) is 11.3 Å². The second kappa shape index (κ2) is 8.90. The number of amidine groups is 1. The fourth-order valence-electron chi connectivity index (χ4n) is 4.34. The van der Waals surface area contributed by atoms with Crippen LogP contribution in [0.2, 0.25) is 0 Å². The van der Waals surface area contributed by atoms with Crippen molar-refractivity contribution in [3.63, 3.8) is 0 Å². The zero-order valence-electron chi connectivity index (χ0n) is 19.8. The Balaban J connectivity index is 1.58. The van der Waals surface area contributed by atoms with Crippen LogP contribution in [0, 0.1) is 6.92 Å². The van der Waals surface area contributed by atoms with Crippen LogP contribution in [0.5, 0.6) is 5.75 Å². The van der Waals surface area contributed by atoms with Gasteiger partial charge in [0.1, 0.15) is 11.6 Å². The minimum Gasteiger partial charge on any atom is -0.507 e. The van der Waals surface area contributed by atoms with E-state index >= 15 is 0 Å². The van der Waals surface area contributed by atoms with Gasteiger partial charge in [-0.15, -0.1) is 10.2 Å². The van der Waals surface area contributed by atoms with Gasteiger partial charge in [-0.2, -0.15) is 0 Å². The predicted molar refractivity (Wildman–Crippen MR) is 130 cm³/mol. The molecule has 32 heavy (non-hydrogen) atoms. The molecule has 0 spiro atoms. The molecule has 1 aromatic carbocycles. The molecule has 1 unspecified atom stereocenters. The number of nitrogens with one attached hydrogen (secondary N) is 1. The van der Waals surface area contributed by atoms with Gasteiger partial charge < -0.3 is 19.9 Å². The maximum absolute atomic E-state index is 10.8. The number of aromatic nitrogens is 2. The van der Waals surface area contributed by atoms with Gasteiger partial charge in [0.05, 0.1) is 23.4 Å². The molecule has 0 amide bonds. The Bertz CT molecular complexity index is 1070. The molecule has 2 aromatic rings. The summed E-state index contributed by atoms with van der Waals surface area (Å²) in [7, 11) is 0. The van der Waals surface area contributed by atoms with E-state index in [1.807, 2.05) is 29.8 Å². The number of hydrogen-bond acceptors (Lipinski definition) is 6. The number of aryl methyl sites for hydroxylation is 1. The third-order valence-corrected chi connectivity index (χ3v) is 5.91. The number of hydrogen-bond donors (Lipinski definition) is 2. The quantitative estimate of drug-likeness (QED) is 0.756. The molecule has 0 bridgehead atoms. The van der Waals surface area contributed by atoms with Crippen molar-refractivity contribution in [3.05, 3.63) is 53.6 Å². The van der Waals surface area contributed by atoms with E-state index in [1.165, 1.54) is 5.57 Å².